The maximum Gasteiger partial charge on any atom is 0.264 e. The van der Waals surface area contributed by atoms with E-state index in [1.807, 2.05) is 45.9 Å². The van der Waals surface area contributed by atoms with Crippen molar-refractivity contribution in [2.24, 2.45) is 13.0 Å². The molecular formula is C22H28N4O3S. The van der Waals surface area contributed by atoms with E-state index in [0.29, 0.717) is 23.8 Å². The molecule has 0 radical (unpaired) electrons. The number of aryl methyl sites for hydroxylation is 3. The second kappa shape index (κ2) is 8.87. The Morgan fingerprint density at radius 2 is 1.80 bits per heavy atom. The Hall–Kier alpha value is -2.87. The molecule has 8 heteroatoms. The molecule has 0 aliphatic heterocycles. The third-order valence-electron chi connectivity index (χ3n) is 4.74. The van der Waals surface area contributed by atoms with Gasteiger partial charge in [0.1, 0.15) is 18.7 Å². The first-order valence-corrected chi connectivity index (χ1v) is 11.3. The second-order valence-corrected chi connectivity index (χ2v) is 9.64. The zero-order valence-corrected chi connectivity index (χ0v) is 18.8. The zero-order valence-electron chi connectivity index (χ0n) is 18.0. The highest BCUT2D eigenvalue weighted by atomic mass is 32.2. The van der Waals surface area contributed by atoms with Crippen molar-refractivity contribution in [3.8, 4) is 5.75 Å². The third kappa shape index (κ3) is 4.81. The predicted molar refractivity (Wildman–Crippen MR) is 117 cm³/mol. The van der Waals surface area contributed by atoms with Gasteiger partial charge in [0, 0.05) is 13.6 Å². The van der Waals surface area contributed by atoms with Crippen LogP contribution in [-0.2, 0) is 23.7 Å². The van der Waals surface area contributed by atoms with Gasteiger partial charge < -0.3 is 4.74 Å². The Kier molecular flexibility index (Phi) is 6.45. The molecule has 7 nitrogen and oxygen atoms in total. The van der Waals surface area contributed by atoms with Crippen molar-refractivity contribution in [2.45, 2.75) is 39.2 Å². The Labute approximate surface area is 178 Å². The van der Waals surface area contributed by atoms with Gasteiger partial charge in [0.15, 0.2) is 5.82 Å². The molecule has 0 bridgehead atoms. The van der Waals surface area contributed by atoms with Crippen LogP contribution in [0.15, 0.2) is 53.7 Å². The number of benzene rings is 2. The average Bonchev–Trinajstić information content (AvgIpc) is 3.10. The lowest BCUT2D eigenvalue weighted by atomic mass is 10.1. The van der Waals surface area contributed by atoms with E-state index in [4.69, 9.17) is 4.74 Å². The van der Waals surface area contributed by atoms with Gasteiger partial charge in [-0.3, -0.25) is 8.99 Å². The van der Waals surface area contributed by atoms with Gasteiger partial charge >= 0.3 is 0 Å². The summed E-state index contributed by atoms with van der Waals surface area (Å²) in [6, 6.07) is 12.3. The lowest BCUT2D eigenvalue weighted by Gasteiger charge is -2.28. The van der Waals surface area contributed by atoms with E-state index in [1.165, 1.54) is 10.6 Å². The Morgan fingerprint density at radius 3 is 2.37 bits per heavy atom. The number of rotatable bonds is 8. The number of ether oxygens (including phenoxy) is 1. The minimum Gasteiger partial charge on any atom is -0.486 e. The number of hydrogen-bond acceptors (Lipinski definition) is 5. The van der Waals surface area contributed by atoms with Crippen molar-refractivity contribution in [3.63, 3.8) is 0 Å². The van der Waals surface area contributed by atoms with Gasteiger partial charge in [0.2, 0.25) is 0 Å². The number of sulfonamides is 1. The summed E-state index contributed by atoms with van der Waals surface area (Å²) in [6.07, 6.45) is 1.46. The number of aromatic nitrogens is 3. The fraction of sp³-hybridized carbons (Fsp3) is 0.364. The number of hydrogen-bond donors (Lipinski definition) is 0. The fourth-order valence-electron chi connectivity index (χ4n) is 3.18. The smallest absolute Gasteiger partial charge is 0.264 e. The maximum atomic E-state index is 13.5. The van der Waals surface area contributed by atoms with Crippen LogP contribution in [0.3, 0.4) is 0 Å². The Morgan fingerprint density at radius 1 is 1.10 bits per heavy atom. The molecular weight excluding hydrogens is 400 g/mol. The summed E-state index contributed by atoms with van der Waals surface area (Å²) in [4.78, 5) is 4.34. The van der Waals surface area contributed by atoms with E-state index >= 15 is 0 Å². The van der Waals surface area contributed by atoms with Crippen LogP contribution in [0.2, 0.25) is 0 Å². The van der Waals surface area contributed by atoms with Crippen molar-refractivity contribution in [2.75, 3.05) is 10.8 Å². The van der Waals surface area contributed by atoms with Crippen molar-refractivity contribution in [3.05, 3.63) is 65.7 Å². The molecule has 3 rings (SSSR count). The molecule has 0 N–H and O–H groups in total. The Balaban J connectivity index is 1.86. The summed E-state index contributed by atoms with van der Waals surface area (Å²) in [6.45, 7) is 8.61. The van der Waals surface area contributed by atoms with Crippen LogP contribution < -0.4 is 9.04 Å². The monoisotopic (exact) mass is 428 g/mol. The molecule has 0 aliphatic rings. The molecule has 1 aromatic heterocycles. The SMILES string of the molecule is Cc1ccc(N(CC(C)C)S(=O)(=O)c2ccc(OCc3ncnn3C)cc2)c(C)c1. The van der Waals surface area contributed by atoms with Crippen molar-refractivity contribution in [1.29, 1.82) is 0 Å². The van der Waals surface area contributed by atoms with Crippen LogP contribution in [-0.4, -0.2) is 29.7 Å². The Bertz CT molecular complexity index is 1110. The highest BCUT2D eigenvalue weighted by molar-refractivity contribution is 7.92. The first-order chi connectivity index (χ1) is 14.2. The molecule has 0 saturated heterocycles. The van der Waals surface area contributed by atoms with Crippen LogP contribution in [0.25, 0.3) is 0 Å². The molecule has 1 heterocycles. The van der Waals surface area contributed by atoms with Crippen molar-refractivity contribution < 1.29 is 13.2 Å². The lowest BCUT2D eigenvalue weighted by Crippen LogP contribution is -2.34. The van der Waals surface area contributed by atoms with Crippen LogP contribution in [0, 0.1) is 19.8 Å². The van der Waals surface area contributed by atoms with E-state index in [0.717, 1.165) is 11.1 Å². The zero-order chi connectivity index (χ0) is 21.9. The summed E-state index contributed by atoms with van der Waals surface area (Å²) in [7, 11) is -1.93. The number of anilines is 1. The van der Waals surface area contributed by atoms with E-state index in [-0.39, 0.29) is 17.4 Å². The molecule has 30 heavy (non-hydrogen) atoms. The van der Waals surface area contributed by atoms with Gasteiger partial charge in [-0.2, -0.15) is 5.10 Å². The third-order valence-corrected chi connectivity index (χ3v) is 6.53. The molecule has 3 aromatic rings. The van der Waals surface area contributed by atoms with E-state index < -0.39 is 10.0 Å². The fourth-order valence-corrected chi connectivity index (χ4v) is 4.87. The maximum absolute atomic E-state index is 13.5. The molecule has 0 atom stereocenters. The van der Waals surface area contributed by atoms with Gasteiger partial charge in [-0.1, -0.05) is 31.5 Å². The predicted octanol–water partition coefficient (Wildman–Crippen LogP) is 3.86. The summed E-state index contributed by atoms with van der Waals surface area (Å²) < 4.78 is 35.8. The first kappa shape index (κ1) is 21.8. The average molecular weight is 429 g/mol. The standard InChI is InChI=1S/C22H28N4O3S/c1-16(2)13-26(21-11-6-17(3)12-18(21)4)30(27,28)20-9-7-19(8-10-20)29-14-22-23-15-24-25(22)5/h6-12,15-16H,13-14H2,1-5H3. The minimum absolute atomic E-state index is 0.175. The highest BCUT2D eigenvalue weighted by Crippen LogP contribution is 2.29. The van der Waals surface area contributed by atoms with Crippen LogP contribution >= 0.6 is 0 Å². The van der Waals surface area contributed by atoms with Gasteiger partial charge in [0.05, 0.1) is 10.6 Å². The van der Waals surface area contributed by atoms with Crippen molar-refractivity contribution in [1.82, 2.24) is 14.8 Å². The molecule has 0 saturated carbocycles. The van der Waals surface area contributed by atoms with Crippen LogP contribution in [0.1, 0.15) is 30.8 Å². The summed E-state index contributed by atoms with van der Waals surface area (Å²) in [5.41, 5.74) is 2.74. The summed E-state index contributed by atoms with van der Waals surface area (Å²) >= 11 is 0. The largest absolute Gasteiger partial charge is 0.486 e. The number of nitrogens with zero attached hydrogens (tertiary/aromatic N) is 4. The van der Waals surface area contributed by atoms with Crippen LogP contribution in [0.5, 0.6) is 5.75 Å². The van der Waals surface area contributed by atoms with E-state index in [1.54, 1.807) is 36.0 Å². The van der Waals surface area contributed by atoms with Crippen LogP contribution in [0.4, 0.5) is 5.69 Å². The normalized spacial score (nSPS) is 11.7. The molecule has 2 aromatic carbocycles. The van der Waals surface area contributed by atoms with Gasteiger partial charge in [0.25, 0.3) is 10.0 Å². The lowest BCUT2D eigenvalue weighted by molar-refractivity contribution is 0.289. The summed E-state index contributed by atoms with van der Waals surface area (Å²) in [5.74, 6) is 1.43. The van der Waals surface area contributed by atoms with E-state index in [9.17, 15) is 8.42 Å². The van der Waals surface area contributed by atoms with E-state index in [2.05, 4.69) is 10.1 Å². The minimum atomic E-state index is -3.71. The molecule has 160 valence electrons. The molecule has 0 amide bonds. The molecule has 0 fully saturated rings. The topological polar surface area (TPSA) is 77.3 Å². The summed E-state index contributed by atoms with van der Waals surface area (Å²) in [5, 5.41) is 4.00. The first-order valence-electron chi connectivity index (χ1n) is 9.84. The van der Waals surface area contributed by atoms with Gasteiger partial charge in [-0.15, -0.1) is 0 Å². The van der Waals surface area contributed by atoms with Gasteiger partial charge in [-0.25, -0.2) is 13.4 Å². The van der Waals surface area contributed by atoms with Gasteiger partial charge in [-0.05, 0) is 55.7 Å². The molecule has 0 aliphatic carbocycles. The molecule has 0 spiro atoms. The second-order valence-electron chi connectivity index (χ2n) is 7.78. The quantitative estimate of drug-likeness (QED) is 0.544. The highest BCUT2D eigenvalue weighted by Gasteiger charge is 2.27. The molecule has 0 unspecified atom stereocenters. The van der Waals surface area contributed by atoms with Crippen molar-refractivity contribution >= 4 is 15.7 Å².